The summed E-state index contributed by atoms with van der Waals surface area (Å²) in [5, 5.41) is 6.32. The number of piperidine rings is 6. The molecule has 2 N–H and O–H groups in total. The Balaban J connectivity index is 0.000000170. The number of rotatable bonds is 24. The quantitative estimate of drug-likeness (QED) is 0.0419. The first-order valence-corrected chi connectivity index (χ1v) is 49.3. The standard InChI is InChI=1S/2C51H64N10O5/c2*1-33-43-31-53-45(54-48(43)61(39-5-3-4-6-39)51(66)47(33)34(2)62)29-38-7-8-41(30-52-38)59-25-23-57(24-26-59)22-21-56-17-13-35(14-18-56)27-36-15-19-58(20-16-36)40-9-10-42-37(28-40)32-60(50(42)65)44-11-12-46(63)55-49(44)64/h2*7-10,28,30-31,35-36,39,44H,3-6,11-27,29,32H2,1-2H3,(H,55,63,64). The Kier molecular flexibility index (Phi) is 27.0. The van der Waals surface area contributed by atoms with E-state index in [0.717, 1.165) is 236 Å². The van der Waals surface area contributed by atoms with E-state index >= 15 is 0 Å². The lowest BCUT2D eigenvalue weighted by molar-refractivity contribution is -0.138. The third kappa shape index (κ3) is 19.5. The number of carbonyl (C=O) groups excluding carboxylic acids is 8. The molecular weight excluding hydrogens is 1670 g/mol. The first kappa shape index (κ1) is 90.1. The molecule has 0 radical (unpaired) electrons. The zero-order valence-electron chi connectivity index (χ0n) is 77.4. The molecule has 6 amide bonds. The van der Waals surface area contributed by atoms with E-state index in [9.17, 15) is 47.9 Å². The van der Waals surface area contributed by atoms with E-state index in [1.807, 2.05) is 38.4 Å². The number of piperazine rings is 2. The van der Waals surface area contributed by atoms with Crippen LogP contribution in [0.25, 0.3) is 22.1 Å². The van der Waals surface area contributed by atoms with Crippen LogP contribution in [0.5, 0.6) is 0 Å². The van der Waals surface area contributed by atoms with Gasteiger partial charge in [0, 0.05) is 200 Å². The molecule has 8 aromatic rings. The second-order valence-electron chi connectivity index (χ2n) is 39.8. The van der Waals surface area contributed by atoms with Crippen LogP contribution in [0.4, 0.5) is 22.7 Å². The number of hydrogen-bond donors (Lipinski definition) is 2. The lowest BCUT2D eigenvalue weighted by atomic mass is 9.82. The van der Waals surface area contributed by atoms with Crippen LogP contribution in [-0.4, -0.2) is 258 Å². The number of nitrogens with zero attached hydrogens (tertiary/aromatic N) is 18. The van der Waals surface area contributed by atoms with Crippen LogP contribution >= 0.6 is 0 Å². The maximum absolute atomic E-state index is 13.6. The number of aryl methyl sites for hydroxylation is 2. The highest BCUT2D eigenvalue weighted by Gasteiger charge is 2.43. The monoisotopic (exact) mass is 1790 g/mol. The average Bonchev–Trinajstić information content (AvgIpc) is 0.867. The molecule has 20 rings (SSSR count). The second kappa shape index (κ2) is 39.6. The molecule has 8 saturated heterocycles. The molecule has 2 atom stereocenters. The molecule has 0 spiro atoms. The molecular formula is C102H128N20O10. The number of amides is 6. The van der Waals surface area contributed by atoms with Gasteiger partial charge in [-0.15, -0.1) is 0 Å². The molecule has 696 valence electrons. The van der Waals surface area contributed by atoms with E-state index in [4.69, 9.17) is 19.9 Å². The van der Waals surface area contributed by atoms with Crippen molar-refractivity contribution in [2.75, 3.05) is 150 Å². The van der Waals surface area contributed by atoms with Crippen molar-refractivity contribution in [2.24, 2.45) is 23.7 Å². The Labute approximate surface area is 772 Å². The number of imide groups is 2. The topological polar surface area (TPSA) is 314 Å². The number of Topliss-reactive ketones (excluding diaryl/α,β-unsaturated/α-hetero) is 2. The third-order valence-electron chi connectivity index (χ3n) is 31.6. The Bertz CT molecular complexity index is 5450. The molecule has 2 aromatic carbocycles. The number of fused-ring (bicyclic) bond motifs is 4. The van der Waals surface area contributed by atoms with Gasteiger partial charge in [-0.05, 0) is 263 Å². The summed E-state index contributed by atoms with van der Waals surface area (Å²) in [6, 6.07) is 19.7. The van der Waals surface area contributed by atoms with Gasteiger partial charge >= 0.3 is 0 Å². The number of carbonyl (C=O) groups is 8. The minimum absolute atomic E-state index is 0.0526. The second-order valence-corrected chi connectivity index (χ2v) is 39.8. The van der Waals surface area contributed by atoms with Crippen molar-refractivity contribution in [3.63, 3.8) is 0 Å². The van der Waals surface area contributed by atoms with Gasteiger partial charge in [-0.2, -0.15) is 0 Å². The highest BCUT2D eigenvalue weighted by Crippen LogP contribution is 2.40. The Morgan fingerprint density at radius 1 is 0.379 bits per heavy atom. The van der Waals surface area contributed by atoms with Gasteiger partial charge in [-0.3, -0.25) is 87.5 Å². The van der Waals surface area contributed by atoms with Crippen molar-refractivity contribution in [3.05, 3.63) is 174 Å². The van der Waals surface area contributed by atoms with Crippen LogP contribution in [0, 0.1) is 37.5 Å². The van der Waals surface area contributed by atoms with Crippen molar-refractivity contribution in [3.8, 4) is 0 Å². The largest absolute Gasteiger partial charge is 0.372 e. The van der Waals surface area contributed by atoms with Crippen molar-refractivity contribution in [1.82, 2.24) is 79.1 Å². The number of benzene rings is 2. The predicted octanol–water partition coefficient (Wildman–Crippen LogP) is 10.6. The molecule has 132 heavy (non-hydrogen) atoms. The van der Waals surface area contributed by atoms with E-state index in [0.29, 0.717) is 84.0 Å². The van der Waals surface area contributed by atoms with Gasteiger partial charge in [0.05, 0.1) is 47.7 Å². The summed E-state index contributed by atoms with van der Waals surface area (Å²) < 4.78 is 3.55. The maximum atomic E-state index is 13.6. The summed E-state index contributed by atoms with van der Waals surface area (Å²) in [6.07, 6.45) is 30.2. The fourth-order valence-electron chi connectivity index (χ4n) is 23.7. The van der Waals surface area contributed by atoms with E-state index in [-0.39, 0.29) is 94.2 Å². The number of nitrogens with one attached hydrogen (secondary N) is 2. The fraction of sp³-hybridized carbons (Fsp3) is 0.569. The average molecular weight is 1790 g/mol. The van der Waals surface area contributed by atoms with Gasteiger partial charge in [0.25, 0.3) is 22.9 Å². The van der Waals surface area contributed by atoms with Gasteiger partial charge in [0.1, 0.15) is 35.0 Å². The summed E-state index contributed by atoms with van der Waals surface area (Å²) in [6.45, 7) is 28.8. The summed E-state index contributed by atoms with van der Waals surface area (Å²) in [7, 11) is 0. The van der Waals surface area contributed by atoms with Crippen molar-refractivity contribution in [1.29, 1.82) is 0 Å². The van der Waals surface area contributed by atoms with E-state index in [2.05, 4.69) is 108 Å². The van der Waals surface area contributed by atoms with Gasteiger partial charge in [0.15, 0.2) is 11.6 Å². The van der Waals surface area contributed by atoms with Crippen molar-refractivity contribution >= 4 is 91.8 Å². The third-order valence-corrected chi connectivity index (χ3v) is 31.6. The van der Waals surface area contributed by atoms with E-state index < -0.39 is 12.1 Å². The summed E-state index contributed by atoms with van der Waals surface area (Å²) >= 11 is 0. The van der Waals surface area contributed by atoms with E-state index in [1.54, 1.807) is 31.3 Å². The van der Waals surface area contributed by atoms with Crippen molar-refractivity contribution in [2.45, 2.75) is 219 Å². The fourth-order valence-corrected chi connectivity index (χ4v) is 23.7. The van der Waals surface area contributed by atoms with Gasteiger partial charge in [0.2, 0.25) is 23.6 Å². The predicted molar refractivity (Wildman–Crippen MR) is 506 cm³/mol. The molecule has 2 saturated carbocycles. The van der Waals surface area contributed by atoms with E-state index in [1.165, 1.54) is 104 Å². The van der Waals surface area contributed by atoms with Crippen LogP contribution in [0.2, 0.25) is 0 Å². The minimum Gasteiger partial charge on any atom is -0.372 e. The molecule has 0 bridgehead atoms. The van der Waals surface area contributed by atoms with Gasteiger partial charge in [-0.25, -0.2) is 19.9 Å². The van der Waals surface area contributed by atoms with Crippen LogP contribution in [0.1, 0.15) is 254 Å². The maximum Gasteiger partial charge on any atom is 0.263 e. The number of anilines is 4. The van der Waals surface area contributed by atoms with Crippen LogP contribution in [0.15, 0.2) is 95.0 Å². The number of likely N-dealkylation sites (tertiary alicyclic amines) is 2. The lowest BCUT2D eigenvalue weighted by Gasteiger charge is -2.39. The van der Waals surface area contributed by atoms with Gasteiger partial charge < -0.3 is 39.2 Å². The van der Waals surface area contributed by atoms with Crippen LogP contribution in [0.3, 0.4) is 0 Å². The van der Waals surface area contributed by atoms with Gasteiger partial charge in [-0.1, -0.05) is 25.7 Å². The smallest absolute Gasteiger partial charge is 0.263 e. The SMILES string of the molecule is CC(=O)c1c(C)c2cnc(Cc3ccc(N4CCN(CCN5CCC(CC6CCN(c7ccc8c(c7)CN(C7CCC(=O)NC7=O)C8=O)CC6)CC5)CC4)cn3)nc2n(C2CCCC2)c1=O.CC(=O)c1c(C)c2cnc(Cc3ccc(N4CCN(CCN5CCC(CC6CCN(c7ccc8c(c7)CN(C7CCC(=O)NC7=O)C8=O)CC6)CC5)CC4)cn3)nc2n(C2CCCC2)c1=O. The highest BCUT2D eigenvalue weighted by molar-refractivity contribution is 6.07. The highest BCUT2D eigenvalue weighted by atomic mass is 16.2. The van der Waals surface area contributed by atoms with Crippen LogP contribution in [-0.2, 0) is 45.1 Å². The summed E-state index contributed by atoms with van der Waals surface area (Å²) in [5.41, 5.74) is 12.3. The van der Waals surface area contributed by atoms with Crippen molar-refractivity contribution < 1.29 is 38.4 Å². The number of pyridine rings is 4. The molecule has 2 aliphatic carbocycles. The number of ketones is 2. The molecule has 30 heteroatoms. The summed E-state index contributed by atoms with van der Waals surface area (Å²) in [4.78, 5) is 179. The summed E-state index contributed by atoms with van der Waals surface area (Å²) in [5.74, 6) is 2.45. The Morgan fingerprint density at radius 3 is 1.06 bits per heavy atom. The molecule has 6 aromatic heterocycles. The zero-order chi connectivity index (χ0) is 91.0. The normalized spacial score (nSPS) is 21.9. The number of aromatic nitrogens is 8. The minimum atomic E-state index is -0.582. The molecule has 10 aliphatic heterocycles. The Hall–Kier alpha value is -11.1. The molecule has 12 aliphatic rings. The molecule has 16 heterocycles. The first-order valence-electron chi connectivity index (χ1n) is 49.3. The first-order chi connectivity index (χ1) is 64.1. The number of hydrogen-bond acceptors (Lipinski definition) is 24. The van der Waals surface area contributed by atoms with Crippen LogP contribution < -0.4 is 41.4 Å². The lowest BCUT2D eigenvalue weighted by Crippen LogP contribution is -2.52. The molecule has 10 fully saturated rings. The Morgan fingerprint density at radius 2 is 0.720 bits per heavy atom. The molecule has 2 unspecified atom stereocenters. The molecule has 30 nitrogen and oxygen atoms in total. The zero-order valence-corrected chi connectivity index (χ0v) is 77.4.